The summed E-state index contributed by atoms with van der Waals surface area (Å²) in [5, 5.41) is 0.407. The van der Waals surface area contributed by atoms with E-state index in [1.165, 1.54) is 4.91 Å². The van der Waals surface area contributed by atoms with Crippen LogP contribution in [-0.2, 0) is 6.54 Å². The van der Waals surface area contributed by atoms with Gasteiger partial charge in [0.05, 0.1) is 22.0 Å². The molecule has 6 heteroatoms. The summed E-state index contributed by atoms with van der Waals surface area (Å²) in [5.41, 5.74) is 8.41. The molecular weight excluding hydrogens is 306 g/mol. The number of thioether (sulfide) groups is 1. The first-order valence-corrected chi connectivity index (χ1v) is 8.10. The smallest absolute Gasteiger partial charge is 0.252 e. The van der Waals surface area contributed by atoms with Crippen molar-refractivity contribution >= 4 is 35.3 Å². The summed E-state index contributed by atoms with van der Waals surface area (Å²) < 4.78 is 2.05. The molecular formula is C15H14ClN3OS. The maximum Gasteiger partial charge on any atom is 0.252 e. The van der Waals surface area contributed by atoms with Crippen LogP contribution in [0.25, 0.3) is 17.3 Å². The Labute approximate surface area is 132 Å². The lowest BCUT2D eigenvalue weighted by Crippen LogP contribution is -2.14. The van der Waals surface area contributed by atoms with Crippen LogP contribution in [0.15, 0.2) is 29.4 Å². The van der Waals surface area contributed by atoms with Gasteiger partial charge in [0.2, 0.25) is 0 Å². The van der Waals surface area contributed by atoms with Crippen LogP contribution in [0.1, 0.15) is 22.5 Å². The molecule has 0 bridgehead atoms. The Bertz CT molecular complexity index is 737. The van der Waals surface area contributed by atoms with E-state index in [0.717, 1.165) is 29.9 Å². The van der Waals surface area contributed by atoms with E-state index in [2.05, 4.69) is 9.55 Å². The molecule has 2 aromatic rings. The highest BCUT2D eigenvalue weighted by atomic mass is 35.5. The van der Waals surface area contributed by atoms with Crippen molar-refractivity contribution in [3.63, 3.8) is 0 Å². The summed E-state index contributed by atoms with van der Waals surface area (Å²) in [4.78, 5) is 17.2. The van der Waals surface area contributed by atoms with E-state index in [1.54, 1.807) is 24.2 Å². The number of rotatable bonds is 3. The van der Waals surface area contributed by atoms with Gasteiger partial charge < -0.3 is 10.3 Å². The highest BCUT2D eigenvalue weighted by Crippen LogP contribution is 2.40. The SMILES string of the molecule is CSC1=Cc2c(C(N)=O)c(Cl)c(-c3cccnc3)n2CC1. The van der Waals surface area contributed by atoms with Gasteiger partial charge in [-0.25, -0.2) is 0 Å². The quantitative estimate of drug-likeness (QED) is 0.943. The molecule has 0 saturated carbocycles. The van der Waals surface area contributed by atoms with Crippen molar-refractivity contribution in [3.8, 4) is 11.3 Å². The number of nitrogens with zero attached hydrogens (tertiary/aromatic N) is 2. The predicted octanol–water partition coefficient (Wildman–Crippen LogP) is 3.41. The minimum atomic E-state index is -0.502. The number of primary amides is 1. The lowest BCUT2D eigenvalue weighted by molar-refractivity contribution is 0.1000. The number of hydrogen-bond acceptors (Lipinski definition) is 3. The van der Waals surface area contributed by atoms with Gasteiger partial charge in [-0.2, -0.15) is 0 Å². The van der Waals surface area contributed by atoms with Crippen molar-refractivity contribution in [2.24, 2.45) is 5.73 Å². The number of nitrogens with two attached hydrogens (primary N) is 1. The fourth-order valence-corrected chi connectivity index (χ4v) is 3.54. The van der Waals surface area contributed by atoms with Crippen molar-refractivity contribution in [2.75, 3.05) is 6.26 Å². The molecule has 108 valence electrons. The third-order valence-corrected chi connectivity index (χ3v) is 4.78. The fourth-order valence-electron chi connectivity index (χ4n) is 2.61. The second-order valence-electron chi connectivity index (χ2n) is 4.75. The third-order valence-electron chi connectivity index (χ3n) is 3.57. The van der Waals surface area contributed by atoms with Crippen LogP contribution < -0.4 is 5.73 Å². The van der Waals surface area contributed by atoms with Crippen molar-refractivity contribution in [1.29, 1.82) is 0 Å². The van der Waals surface area contributed by atoms with E-state index in [1.807, 2.05) is 24.5 Å². The predicted molar refractivity (Wildman–Crippen MR) is 87.3 cm³/mol. The molecule has 0 spiro atoms. The molecule has 1 aliphatic heterocycles. The normalized spacial score (nSPS) is 13.7. The monoisotopic (exact) mass is 319 g/mol. The molecule has 0 aliphatic carbocycles. The molecule has 4 nitrogen and oxygen atoms in total. The summed E-state index contributed by atoms with van der Waals surface area (Å²) in [6, 6.07) is 3.78. The Balaban J connectivity index is 2.29. The van der Waals surface area contributed by atoms with E-state index >= 15 is 0 Å². The minimum Gasteiger partial charge on any atom is -0.365 e. The number of allylic oxidation sites excluding steroid dienone is 1. The Morgan fingerprint density at radius 3 is 2.95 bits per heavy atom. The van der Waals surface area contributed by atoms with Crippen LogP contribution in [0, 0.1) is 0 Å². The van der Waals surface area contributed by atoms with Gasteiger partial charge in [0.25, 0.3) is 5.91 Å². The number of carbonyl (C=O) groups excluding carboxylic acids is 1. The maximum atomic E-state index is 11.8. The van der Waals surface area contributed by atoms with Gasteiger partial charge in [-0.15, -0.1) is 11.8 Å². The summed E-state index contributed by atoms with van der Waals surface area (Å²) in [6.07, 6.45) is 8.40. The number of aromatic nitrogens is 2. The molecule has 0 atom stereocenters. The summed E-state index contributed by atoms with van der Waals surface area (Å²) >= 11 is 8.14. The maximum absolute atomic E-state index is 11.8. The lowest BCUT2D eigenvalue weighted by atomic mass is 10.1. The first-order chi connectivity index (χ1) is 10.1. The van der Waals surface area contributed by atoms with Crippen LogP contribution >= 0.6 is 23.4 Å². The van der Waals surface area contributed by atoms with Crippen molar-refractivity contribution in [1.82, 2.24) is 9.55 Å². The molecule has 0 radical (unpaired) electrons. The molecule has 2 aromatic heterocycles. The molecule has 0 saturated heterocycles. The largest absolute Gasteiger partial charge is 0.365 e. The van der Waals surface area contributed by atoms with Crippen molar-refractivity contribution < 1.29 is 4.79 Å². The highest BCUT2D eigenvalue weighted by molar-refractivity contribution is 8.02. The molecule has 3 rings (SSSR count). The van der Waals surface area contributed by atoms with Crippen LogP contribution in [0.2, 0.25) is 5.02 Å². The van der Waals surface area contributed by atoms with Gasteiger partial charge in [-0.1, -0.05) is 11.6 Å². The highest BCUT2D eigenvalue weighted by Gasteiger charge is 2.27. The van der Waals surface area contributed by atoms with Gasteiger partial charge in [-0.05, 0) is 35.8 Å². The van der Waals surface area contributed by atoms with Crippen LogP contribution in [0.4, 0.5) is 0 Å². The van der Waals surface area contributed by atoms with Gasteiger partial charge in [-0.3, -0.25) is 9.78 Å². The van der Waals surface area contributed by atoms with Gasteiger partial charge in [0, 0.05) is 24.5 Å². The number of fused-ring (bicyclic) bond motifs is 1. The zero-order valence-electron chi connectivity index (χ0n) is 11.5. The Kier molecular flexibility index (Phi) is 3.78. The number of carbonyl (C=O) groups is 1. The third kappa shape index (κ3) is 2.36. The van der Waals surface area contributed by atoms with Crippen molar-refractivity contribution in [3.05, 3.63) is 45.7 Å². The Hall–Kier alpha value is -1.72. The van der Waals surface area contributed by atoms with Gasteiger partial charge in [0.1, 0.15) is 0 Å². The number of hydrogen-bond donors (Lipinski definition) is 1. The molecule has 1 amide bonds. The average molecular weight is 320 g/mol. The zero-order chi connectivity index (χ0) is 15.0. The molecule has 1 aliphatic rings. The van der Waals surface area contributed by atoms with E-state index < -0.39 is 5.91 Å². The zero-order valence-corrected chi connectivity index (χ0v) is 13.0. The fraction of sp³-hybridized carbons (Fsp3) is 0.200. The molecule has 0 fully saturated rings. The first-order valence-electron chi connectivity index (χ1n) is 6.50. The Morgan fingerprint density at radius 2 is 2.33 bits per heavy atom. The van der Waals surface area contributed by atoms with Gasteiger partial charge >= 0.3 is 0 Å². The van der Waals surface area contributed by atoms with Crippen LogP contribution in [0.3, 0.4) is 0 Å². The Morgan fingerprint density at radius 1 is 1.52 bits per heavy atom. The molecule has 21 heavy (non-hydrogen) atoms. The summed E-state index contributed by atoms with van der Waals surface area (Å²) in [5.74, 6) is -0.502. The summed E-state index contributed by atoms with van der Waals surface area (Å²) in [6.45, 7) is 0.777. The van der Waals surface area contributed by atoms with E-state index in [4.69, 9.17) is 17.3 Å². The van der Waals surface area contributed by atoms with Crippen LogP contribution in [0.5, 0.6) is 0 Å². The second kappa shape index (κ2) is 5.58. The van der Waals surface area contributed by atoms with Crippen molar-refractivity contribution in [2.45, 2.75) is 13.0 Å². The lowest BCUT2D eigenvalue weighted by Gasteiger charge is -2.18. The molecule has 2 N–H and O–H groups in total. The first kappa shape index (κ1) is 14.2. The average Bonchev–Trinajstić information content (AvgIpc) is 2.79. The topological polar surface area (TPSA) is 60.9 Å². The molecule has 0 aromatic carbocycles. The molecule has 3 heterocycles. The standard InChI is InChI=1S/C15H14ClN3OS/c1-21-10-4-6-19-11(7-10)12(15(17)20)13(16)14(19)9-3-2-5-18-8-9/h2-3,5,7-8H,4,6H2,1H3,(H2,17,20). The minimum absolute atomic E-state index is 0.391. The number of pyridine rings is 1. The van der Waals surface area contributed by atoms with Gasteiger partial charge in [0.15, 0.2) is 0 Å². The summed E-state index contributed by atoms with van der Waals surface area (Å²) in [7, 11) is 0. The van der Waals surface area contributed by atoms with Crippen LogP contribution in [-0.4, -0.2) is 21.7 Å². The number of amides is 1. The molecule has 0 unspecified atom stereocenters. The van der Waals surface area contributed by atoms with E-state index in [-0.39, 0.29) is 0 Å². The van der Waals surface area contributed by atoms with E-state index in [0.29, 0.717) is 10.6 Å². The second-order valence-corrected chi connectivity index (χ2v) is 6.06. The number of halogens is 1. The van der Waals surface area contributed by atoms with E-state index in [9.17, 15) is 4.79 Å².